The van der Waals surface area contributed by atoms with Crippen LogP contribution in [0.1, 0.15) is 57.6 Å². The molecule has 0 saturated heterocycles. The van der Waals surface area contributed by atoms with Gasteiger partial charge in [-0.3, -0.25) is 0 Å². The molecule has 3 heteroatoms. The lowest BCUT2D eigenvalue weighted by atomic mass is 9.72. The second kappa shape index (κ2) is 5.88. The Balaban J connectivity index is 1.87. The van der Waals surface area contributed by atoms with Gasteiger partial charge in [0.15, 0.2) is 11.5 Å². The normalized spacial score (nSPS) is 21.5. The van der Waals surface area contributed by atoms with Crippen LogP contribution in [0.3, 0.4) is 0 Å². The van der Waals surface area contributed by atoms with Crippen LogP contribution in [0, 0.1) is 11.3 Å². The lowest BCUT2D eigenvalue weighted by Crippen LogP contribution is -2.28. The number of hydrogen-bond acceptors (Lipinski definition) is 3. The summed E-state index contributed by atoms with van der Waals surface area (Å²) in [4.78, 5) is 0. The SMILES string of the molecule is CC(C)CC1(C(O)c2ccc3c(c2)OCCO3)CCCC1. The van der Waals surface area contributed by atoms with Gasteiger partial charge in [-0.1, -0.05) is 32.8 Å². The first-order chi connectivity index (χ1) is 10.1. The molecule has 1 aliphatic carbocycles. The Bertz CT molecular complexity index is 489. The zero-order valence-corrected chi connectivity index (χ0v) is 13.1. The molecule has 1 aromatic carbocycles. The summed E-state index contributed by atoms with van der Waals surface area (Å²) < 4.78 is 11.2. The van der Waals surface area contributed by atoms with E-state index >= 15 is 0 Å². The quantitative estimate of drug-likeness (QED) is 0.907. The van der Waals surface area contributed by atoms with E-state index in [0.29, 0.717) is 19.1 Å². The fraction of sp³-hybridized carbons (Fsp3) is 0.667. The number of rotatable bonds is 4. The highest BCUT2D eigenvalue weighted by Crippen LogP contribution is 2.52. The molecule has 1 saturated carbocycles. The Labute approximate surface area is 127 Å². The third kappa shape index (κ3) is 2.89. The maximum absolute atomic E-state index is 11.0. The van der Waals surface area contributed by atoms with Gasteiger partial charge in [0.05, 0.1) is 6.10 Å². The number of benzene rings is 1. The van der Waals surface area contributed by atoms with Gasteiger partial charge in [0.25, 0.3) is 0 Å². The summed E-state index contributed by atoms with van der Waals surface area (Å²) in [6.07, 6.45) is 5.39. The Morgan fingerprint density at radius 1 is 1.10 bits per heavy atom. The number of aliphatic hydroxyl groups is 1. The lowest BCUT2D eigenvalue weighted by Gasteiger charge is -2.36. The predicted octanol–water partition coefficient (Wildman–Crippen LogP) is 4.10. The van der Waals surface area contributed by atoms with Crippen LogP contribution in [0.5, 0.6) is 11.5 Å². The third-order valence-corrected chi connectivity index (χ3v) is 4.88. The smallest absolute Gasteiger partial charge is 0.161 e. The molecule has 0 amide bonds. The van der Waals surface area contributed by atoms with Crippen LogP contribution in [0.15, 0.2) is 18.2 Å². The van der Waals surface area contributed by atoms with Crippen LogP contribution in [0.25, 0.3) is 0 Å². The second-order valence-electron chi connectivity index (χ2n) is 6.97. The topological polar surface area (TPSA) is 38.7 Å². The van der Waals surface area contributed by atoms with Crippen molar-refractivity contribution in [1.29, 1.82) is 0 Å². The monoisotopic (exact) mass is 290 g/mol. The van der Waals surface area contributed by atoms with E-state index < -0.39 is 6.10 Å². The third-order valence-electron chi connectivity index (χ3n) is 4.88. The molecule has 2 aliphatic rings. The summed E-state index contributed by atoms with van der Waals surface area (Å²) >= 11 is 0. The predicted molar refractivity (Wildman–Crippen MR) is 82.7 cm³/mol. The molecule has 0 aromatic heterocycles. The van der Waals surface area contributed by atoms with Crippen molar-refractivity contribution < 1.29 is 14.6 Å². The molecule has 1 heterocycles. The minimum atomic E-state index is -0.404. The van der Waals surface area contributed by atoms with Gasteiger partial charge in [-0.15, -0.1) is 0 Å². The molecular weight excluding hydrogens is 264 g/mol. The summed E-state index contributed by atoms with van der Waals surface area (Å²) in [5.41, 5.74) is 1.01. The van der Waals surface area contributed by atoms with E-state index in [1.54, 1.807) is 0 Å². The Morgan fingerprint density at radius 3 is 2.43 bits per heavy atom. The summed E-state index contributed by atoms with van der Waals surface area (Å²) in [5.74, 6) is 2.17. The summed E-state index contributed by atoms with van der Waals surface area (Å²) in [6.45, 7) is 5.68. The van der Waals surface area contributed by atoms with Gasteiger partial charge in [0.2, 0.25) is 0 Å². The molecule has 1 aliphatic heterocycles. The van der Waals surface area contributed by atoms with Crippen LogP contribution < -0.4 is 9.47 Å². The van der Waals surface area contributed by atoms with Gasteiger partial charge in [-0.25, -0.2) is 0 Å². The Kier molecular flexibility index (Phi) is 4.12. The number of ether oxygens (including phenoxy) is 2. The van der Waals surface area contributed by atoms with Gasteiger partial charge in [-0.05, 0) is 42.9 Å². The number of fused-ring (bicyclic) bond motifs is 1. The molecule has 1 fully saturated rings. The summed E-state index contributed by atoms with van der Waals surface area (Å²) in [5, 5.41) is 11.0. The first kappa shape index (κ1) is 14.7. The van der Waals surface area contributed by atoms with Gasteiger partial charge in [-0.2, -0.15) is 0 Å². The van der Waals surface area contributed by atoms with E-state index in [0.717, 1.165) is 36.3 Å². The summed E-state index contributed by atoms with van der Waals surface area (Å²) in [7, 11) is 0. The second-order valence-corrected chi connectivity index (χ2v) is 6.97. The minimum absolute atomic E-state index is 0.0396. The van der Waals surface area contributed by atoms with Gasteiger partial charge < -0.3 is 14.6 Å². The fourth-order valence-electron chi connectivity index (χ4n) is 4.06. The van der Waals surface area contributed by atoms with Crippen LogP contribution >= 0.6 is 0 Å². The largest absolute Gasteiger partial charge is 0.486 e. The Morgan fingerprint density at radius 2 is 1.76 bits per heavy atom. The molecular formula is C18H26O3. The number of aliphatic hydroxyl groups excluding tert-OH is 1. The van der Waals surface area contributed by atoms with Gasteiger partial charge in [0, 0.05) is 5.41 Å². The van der Waals surface area contributed by atoms with Gasteiger partial charge in [0.1, 0.15) is 13.2 Å². The molecule has 1 N–H and O–H groups in total. The highest BCUT2D eigenvalue weighted by molar-refractivity contribution is 5.44. The van der Waals surface area contributed by atoms with Crippen molar-refractivity contribution in [2.45, 2.75) is 52.1 Å². The molecule has 0 spiro atoms. The van der Waals surface area contributed by atoms with Crippen molar-refractivity contribution in [3.8, 4) is 11.5 Å². The molecule has 1 unspecified atom stereocenters. The van der Waals surface area contributed by atoms with Crippen molar-refractivity contribution in [2.75, 3.05) is 13.2 Å². The van der Waals surface area contributed by atoms with E-state index in [1.807, 2.05) is 18.2 Å². The van der Waals surface area contributed by atoms with E-state index in [4.69, 9.17) is 9.47 Å². The highest BCUT2D eigenvalue weighted by Gasteiger charge is 2.41. The fourth-order valence-corrected chi connectivity index (χ4v) is 4.06. The molecule has 3 rings (SSSR count). The molecule has 1 aromatic rings. The molecule has 21 heavy (non-hydrogen) atoms. The van der Waals surface area contributed by atoms with Crippen LogP contribution in [0.4, 0.5) is 0 Å². The van der Waals surface area contributed by atoms with Crippen LogP contribution in [0.2, 0.25) is 0 Å². The molecule has 0 bridgehead atoms. The minimum Gasteiger partial charge on any atom is -0.486 e. The van der Waals surface area contributed by atoms with Gasteiger partial charge >= 0.3 is 0 Å². The van der Waals surface area contributed by atoms with E-state index in [-0.39, 0.29) is 5.41 Å². The van der Waals surface area contributed by atoms with Crippen LogP contribution in [-0.2, 0) is 0 Å². The molecule has 3 nitrogen and oxygen atoms in total. The highest BCUT2D eigenvalue weighted by atomic mass is 16.6. The van der Waals surface area contributed by atoms with Crippen LogP contribution in [-0.4, -0.2) is 18.3 Å². The van der Waals surface area contributed by atoms with Crippen molar-refractivity contribution >= 4 is 0 Å². The maximum atomic E-state index is 11.0. The van der Waals surface area contributed by atoms with E-state index in [2.05, 4.69) is 13.8 Å². The first-order valence-corrected chi connectivity index (χ1v) is 8.18. The van der Waals surface area contributed by atoms with Crippen molar-refractivity contribution in [3.63, 3.8) is 0 Å². The standard InChI is InChI=1S/C18H26O3/c1-13(2)12-18(7-3-4-8-18)17(19)14-5-6-15-16(11-14)21-10-9-20-15/h5-6,11,13,17,19H,3-4,7-10,12H2,1-2H3. The molecule has 0 radical (unpaired) electrons. The average molecular weight is 290 g/mol. The van der Waals surface area contributed by atoms with Crippen molar-refractivity contribution in [3.05, 3.63) is 23.8 Å². The van der Waals surface area contributed by atoms with Crippen molar-refractivity contribution in [1.82, 2.24) is 0 Å². The first-order valence-electron chi connectivity index (χ1n) is 8.18. The Hall–Kier alpha value is -1.22. The molecule has 1 atom stereocenters. The van der Waals surface area contributed by atoms with Crippen molar-refractivity contribution in [2.24, 2.45) is 11.3 Å². The van der Waals surface area contributed by atoms with E-state index in [1.165, 1.54) is 12.8 Å². The molecule has 116 valence electrons. The number of hydrogen-bond donors (Lipinski definition) is 1. The average Bonchev–Trinajstić information content (AvgIpc) is 2.95. The zero-order valence-electron chi connectivity index (χ0n) is 13.1. The zero-order chi connectivity index (χ0) is 14.9. The maximum Gasteiger partial charge on any atom is 0.161 e. The summed E-state index contributed by atoms with van der Waals surface area (Å²) in [6, 6.07) is 5.91. The lowest BCUT2D eigenvalue weighted by molar-refractivity contribution is 0.0109. The van der Waals surface area contributed by atoms with E-state index in [9.17, 15) is 5.11 Å².